The number of amides is 1. The van der Waals surface area contributed by atoms with Crippen molar-refractivity contribution < 1.29 is 13.2 Å². The highest BCUT2D eigenvalue weighted by atomic mass is 32.2. The first-order valence-electron chi connectivity index (χ1n) is 8.68. The van der Waals surface area contributed by atoms with Crippen molar-refractivity contribution in [3.05, 3.63) is 42.2 Å². The van der Waals surface area contributed by atoms with Gasteiger partial charge in [-0.3, -0.25) is 4.79 Å². The quantitative estimate of drug-likeness (QED) is 0.819. The minimum Gasteiger partial charge on any atom is -0.326 e. The lowest BCUT2D eigenvalue weighted by Crippen LogP contribution is -2.18. The molecule has 1 amide bonds. The molecule has 7 nitrogen and oxygen atoms in total. The fourth-order valence-corrected chi connectivity index (χ4v) is 4.41. The lowest BCUT2D eigenvalue weighted by atomic mass is 10.0. The Hall–Kier alpha value is -2.48. The first-order valence-corrected chi connectivity index (χ1v) is 10.2. The molecule has 1 aliphatic rings. The Kier molecular flexibility index (Phi) is 4.50. The largest absolute Gasteiger partial charge is 0.326 e. The SMILES string of the molecule is Cc1ccnc(NS(=O)(=O)c2ccc(NC(=O)C3C(C)(C)C3(C)C)cc2)n1. The summed E-state index contributed by atoms with van der Waals surface area (Å²) in [5.41, 5.74) is 1.10. The van der Waals surface area contributed by atoms with E-state index in [1.807, 2.05) is 0 Å². The number of hydrogen-bond donors (Lipinski definition) is 2. The second-order valence-corrected chi connectivity index (χ2v) is 9.70. The van der Waals surface area contributed by atoms with E-state index in [4.69, 9.17) is 0 Å². The lowest BCUT2D eigenvalue weighted by molar-refractivity contribution is -0.118. The van der Waals surface area contributed by atoms with Gasteiger partial charge in [-0.2, -0.15) is 0 Å². The molecule has 0 unspecified atom stereocenters. The number of rotatable bonds is 5. The molecule has 1 aromatic carbocycles. The van der Waals surface area contributed by atoms with Crippen LogP contribution in [0.5, 0.6) is 0 Å². The number of benzene rings is 1. The Morgan fingerprint density at radius 3 is 2.15 bits per heavy atom. The minimum atomic E-state index is -3.80. The number of nitrogens with zero attached hydrogens (tertiary/aromatic N) is 2. The molecule has 1 fully saturated rings. The summed E-state index contributed by atoms with van der Waals surface area (Å²) in [6, 6.07) is 7.71. The van der Waals surface area contributed by atoms with E-state index in [-0.39, 0.29) is 33.5 Å². The standard InChI is InChI=1S/C19H24N4O3S/c1-12-10-11-20-17(21-12)23-27(25,26)14-8-6-13(7-9-14)22-16(24)15-18(2,3)19(15,4)5/h6-11,15H,1-5H3,(H,22,24)(H,20,21,23). The van der Waals surface area contributed by atoms with Gasteiger partial charge in [-0.25, -0.2) is 23.1 Å². The number of carbonyl (C=O) groups excluding carboxylic acids is 1. The third kappa shape index (κ3) is 3.53. The number of hydrogen-bond acceptors (Lipinski definition) is 5. The molecule has 2 aromatic rings. The van der Waals surface area contributed by atoms with Gasteiger partial charge in [0.2, 0.25) is 11.9 Å². The van der Waals surface area contributed by atoms with Crippen molar-refractivity contribution in [2.75, 3.05) is 10.0 Å². The molecule has 0 aliphatic heterocycles. The van der Waals surface area contributed by atoms with Crippen LogP contribution in [-0.2, 0) is 14.8 Å². The maximum Gasteiger partial charge on any atom is 0.264 e. The molecule has 1 heterocycles. The molecule has 0 bridgehead atoms. The monoisotopic (exact) mass is 388 g/mol. The second kappa shape index (κ2) is 6.30. The summed E-state index contributed by atoms with van der Waals surface area (Å²) in [4.78, 5) is 20.5. The van der Waals surface area contributed by atoms with E-state index in [1.165, 1.54) is 18.3 Å². The number of carbonyl (C=O) groups is 1. The highest BCUT2D eigenvalue weighted by Gasteiger charge is 2.68. The van der Waals surface area contributed by atoms with E-state index in [2.05, 4.69) is 47.7 Å². The normalized spacial score (nSPS) is 18.0. The topological polar surface area (TPSA) is 101 Å². The van der Waals surface area contributed by atoms with Crippen LogP contribution in [0.25, 0.3) is 0 Å². The van der Waals surface area contributed by atoms with E-state index in [0.717, 1.165) is 0 Å². The molecular weight excluding hydrogens is 364 g/mol. The third-order valence-corrected chi connectivity index (χ3v) is 7.08. The van der Waals surface area contributed by atoms with Crippen molar-refractivity contribution >= 4 is 27.6 Å². The number of anilines is 2. The average Bonchev–Trinajstić information content (AvgIpc) is 2.96. The predicted octanol–water partition coefficient (Wildman–Crippen LogP) is 3.21. The van der Waals surface area contributed by atoms with Crippen LogP contribution in [0.4, 0.5) is 11.6 Å². The Morgan fingerprint density at radius 1 is 1.04 bits per heavy atom. The van der Waals surface area contributed by atoms with Crippen molar-refractivity contribution in [3.63, 3.8) is 0 Å². The maximum atomic E-state index is 12.5. The fraction of sp³-hybridized carbons (Fsp3) is 0.421. The van der Waals surface area contributed by atoms with Crippen LogP contribution >= 0.6 is 0 Å². The van der Waals surface area contributed by atoms with Gasteiger partial charge in [0, 0.05) is 23.5 Å². The van der Waals surface area contributed by atoms with Gasteiger partial charge in [-0.05, 0) is 48.1 Å². The van der Waals surface area contributed by atoms with Crippen LogP contribution < -0.4 is 10.0 Å². The first-order chi connectivity index (χ1) is 12.4. The molecule has 27 heavy (non-hydrogen) atoms. The van der Waals surface area contributed by atoms with E-state index in [0.29, 0.717) is 11.4 Å². The summed E-state index contributed by atoms with van der Waals surface area (Å²) >= 11 is 0. The fourth-order valence-electron chi connectivity index (χ4n) is 3.46. The molecule has 2 N–H and O–H groups in total. The Morgan fingerprint density at radius 2 is 1.63 bits per heavy atom. The smallest absolute Gasteiger partial charge is 0.264 e. The van der Waals surface area contributed by atoms with E-state index in [9.17, 15) is 13.2 Å². The van der Waals surface area contributed by atoms with Gasteiger partial charge in [0.25, 0.3) is 10.0 Å². The molecule has 144 valence electrons. The van der Waals surface area contributed by atoms with Gasteiger partial charge in [0.05, 0.1) is 4.90 Å². The van der Waals surface area contributed by atoms with Crippen molar-refractivity contribution in [3.8, 4) is 0 Å². The molecule has 0 spiro atoms. The Labute approximate surface area is 159 Å². The van der Waals surface area contributed by atoms with E-state index in [1.54, 1.807) is 25.1 Å². The molecule has 0 atom stereocenters. The summed E-state index contributed by atoms with van der Waals surface area (Å²) < 4.78 is 27.3. The Balaban J connectivity index is 1.71. The van der Waals surface area contributed by atoms with Crippen LogP contribution in [-0.4, -0.2) is 24.3 Å². The van der Waals surface area contributed by atoms with Gasteiger partial charge in [0.15, 0.2) is 0 Å². The minimum absolute atomic E-state index is 0.0191. The number of aromatic nitrogens is 2. The van der Waals surface area contributed by atoms with Crippen LogP contribution in [0, 0.1) is 23.7 Å². The summed E-state index contributed by atoms with van der Waals surface area (Å²) in [5.74, 6) is -0.106. The molecule has 0 saturated heterocycles. The number of nitrogens with one attached hydrogen (secondary N) is 2. The molecule has 1 saturated carbocycles. The van der Waals surface area contributed by atoms with Gasteiger partial charge >= 0.3 is 0 Å². The number of aryl methyl sites for hydroxylation is 1. The molecular formula is C19H24N4O3S. The van der Waals surface area contributed by atoms with Crippen molar-refractivity contribution in [1.29, 1.82) is 0 Å². The summed E-state index contributed by atoms with van der Waals surface area (Å²) in [7, 11) is -3.80. The lowest BCUT2D eigenvalue weighted by Gasteiger charge is -2.09. The molecule has 1 aromatic heterocycles. The van der Waals surface area contributed by atoms with Crippen LogP contribution in [0.15, 0.2) is 41.4 Å². The van der Waals surface area contributed by atoms with Gasteiger partial charge in [-0.1, -0.05) is 27.7 Å². The first kappa shape index (κ1) is 19.3. The summed E-state index contributed by atoms with van der Waals surface area (Å²) in [5, 5.41) is 2.87. The summed E-state index contributed by atoms with van der Waals surface area (Å²) in [6.45, 7) is 10.1. The predicted molar refractivity (Wildman–Crippen MR) is 104 cm³/mol. The zero-order valence-electron chi connectivity index (χ0n) is 16.1. The van der Waals surface area contributed by atoms with Crippen LogP contribution in [0.3, 0.4) is 0 Å². The van der Waals surface area contributed by atoms with E-state index < -0.39 is 10.0 Å². The molecule has 0 radical (unpaired) electrons. The van der Waals surface area contributed by atoms with Crippen LogP contribution in [0.1, 0.15) is 33.4 Å². The van der Waals surface area contributed by atoms with Crippen molar-refractivity contribution in [2.24, 2.45) is 16.7 Å². The van der Waals surface area contributed by atoms with Gasteiger partial charge in [-0.15, -0.1) is 0 Å². The second-order valence-electron chi connectivity index (χ2n) is 8.02. The summed E-state index contributed by atoms with van der Waals surface area (Å²) in [6.07, 6.45) is 1.49. The van der Waals surface area contributed by atoms with E-state index >= 15 is 0 Å². The van der Waals surface area contributed by atoms with Crippen LogP contribution in [0.2, 0.25) is 0 Å². The Bertz CT molecular complexity index is 968. The highest BCUT2D eigenvalue weighted by molar-refractivity contribution is 7.92. The van der Waals surface area contributed by atoms with Gasteiger partial charge < -0.3 is 5.32 Å². The van der Waals surface area contributed by atoms with Gasteiger partial charge in [0.1, 0.15) is 0 Å². The molecule has 8 heteroatoms. The highest BCUT2D eigenvalue weighted by Crippen LogP contribution is 2.68. The third-order valence-electron chi connectivity index (χ3n) is 5.74. The molecule has 1 aliphatic carbocycles. The zero-order valence-corrected chi connectivity index (χ0v) is 16.9. The molecule has 3 rings (SSSR count). The number of sulfonamides is 1. The average molecular weight is 388 g/mol. The zero-order chi connectivity index (χ0) is 20.0. The maximum absolute atomic E-state index is 12.5. The van der Waals surface area contributed by atoms with Crippen molar-refractivity contribution in [1.82, 2.24) is 9.97 Å². The van der Waals surface area contributed by atoms with Crippen molar-refractivity contribution in [2.45, 2.75) is 39.5 Å².